The number of rotatable bonds is 3. The van der Waals surface area contributed by atoms with Crippen LogP contribution < -0.4 is 5.32 Å². The summed E-state index contributed by atoms with van der Waals surface area (Å²) in [4.78, 5) is 4.30. The number of benzene rings is 1. The van der Waals surface area contributed by atoms with Crippen molar-refractivity contribution in [2.45, 2.75) is 37.9 Å². The number of anilines is 1. The summed E-state index contributed by atoms with van der Waals surface area (Å²) in [6.45, 7) is 0. The van der Waals surface area contributed by atoms with Crippen LogP contribution in [0.25, 0.3) is 16.9 Å². The van der Waals surface area contributed by atoms with Crippen LogP contribution in [-0.4, -0.2) is 15.4 Å². The number of imidazole rings is 1. The van der Waals surface area contributed by atoms with Crippen LogP contribution in [0.5, 0.6) is 0 Å². The molecule has 2 heterocycles. The molecule has 0 bridgehead atoms. The summed E-state index contributed by atoms with van der Waals surface area (Å²) in [6, 6.07) is 7.91. The third-order valence-electron chi connectivity index (χ3n) is 4.83. The molecule has 3 aromatic rings. The van der Waals surface area contributed by atoms with Crippen molar-refractivity contribution >= 4 is 23.1 Å². The van der Waals surface area contributed by atoms with Gasteiger partial charge in [-0.15, -0.1) is 0 Å². The Bertz CT molecular complexity index is 970. The van der Waals surface area contributed by atoms with Gasteiger partial charge in [-0.05, 0) is 37.1 Å². The SMILES string of the molecule is Fc1cccc(Cl)c1-c1nc2cccc(C(F)(F)F)n2c1NC1CCCC1. The Kier molecular flexibility index (Phi) is 4.50. The van der Waals surface area contributed by atoms with Crippen molar-refractivity contribution in [1.82, 2.24) is 9.38 Å². The molecule has 0 spiro atoms. The van der Waals surface area contributed by atoms with E-state index < -0.39 is 17.7 Å². The highest BCUT2D eigenvalue weighted by Crippen LogP contribution is 2.40. The summed E-state index contributed by atoms with van der Waals surface area (Å²) in [5.74, 6) is -0.509. The fraction of sp³-hybridized carbons (Fsp3) is 0.316. The lowest BCUT2D eigenvalue weighted by Crippen LogP contribution is -2.19. The van der Waals surface area contributed by atoms with E-state index in [4.69, 9.17) is 11.6 Å². The van der Waals surface area contributed by atoms with Gasteiger partial charge in [-0.1, -0.05) is 36.6 Å². The van der Waals surface area contributed by atoms with Crippen molar-refractivity contribution < 1.29 is 17.6 Å². The summed E-state index contributed by atoms with van der Waals surface area (Å²) < 4.78 is 56.3. The van der Waals surface area contributed by atoms with E-state index in [2.05, 4.69) is 10.3 Å². The summed E-state index contributed by atoms with van der Waals surface area (Å²) in [5.41, 5.74) is -0.704. The van der Waals surface area contributed by atoms with Gasteiger partial charge in [0.25, 0.3) is 0 Å². The summed E-state index contributed by atoms with van der Waals surface area (Å²) >= 11 is 6.17. The zero-order valence-corrected chi connectivity index (χ0v) is 14.9. The van der Waals surface area contributed by atoms with Crippen LogP contribution >= 0.6 is 11.6 Å². The highest BCUT2D eigenvalue weighted by molar-refractivity contribution is 6.33. The fourth-order valence-corrected chi connectivity index (χ4v) is 3.86. The number of halogens is 5. The fourth-order valence-electron chi connectivity index (χ4n) is 3.61. The average Bonchev–Trinajstić information content (AvgIpc) is 3.23. The van der Waals surface area contributed by atoms with Gasteiger partial charge in [0.15, 0.2) is 0 Å². The van der Waals surface area contributed by atoms with E-state index in [9.17, 15) is 17.6 Å². The van der Waals surface area contributed by atoms with Crippen molar-refractivity contribution in [3.05, 3.63) is 52.9 Å². The first kappa shape index (κ1) is 18.1. The minimum atomic E-state index is -4.58. The minimum Gasteiger partial charge on any atom is -0.367 e. The first-order chi connectivity index (χ1) is 12.9. The second-order valence-electron chi connectivity index (χ2n) is 6.63. The molecular weight excluding hydrogens is 382 g/mol. The van der Waals surface area contributed by atoms with E-state index in [0.29, 0.717) is 0 Å². The molecule has 0 saturated heterocycles. The summed E-state index contributed by atoms with van der Waals surface area (Å²) in [7, 11) is 0. The second kappa shape index (κ2) is 6.71. The standard InChI is InChI=1S/C19H16ClF4N3/c20-12-7-3-8-13(21)16(12)17-18(25-11-5-1-2-6-11)27-14(19(22,23)24)9-4-10-15(27)26-17/h3-4,7-11,25H,1-2,5-6H2. The van der Waals surface area contributed by atoms with Crippen molar-refractivity contribution in [3.8, 4) is 11.3 Å². The maximum atomic E-state index is 14.5. The predicted molar refractivity (Wildman–Crippen MR) is 96.5 cm³/mol. The van der Waals surface area contributed by atoms with E-state index >= 15 is 0 Å². The Morgan fingerprint density at radius 1 is 1.07 bits per heavy atom. The molecule has 1 aliphatic carbocycles. The van der Waals surface area contributed by atoms with Gasteiger partial charge in [-0.3, -0.25) is 4.40 Å². The average molecular weight is 398 g/mol. The van der Waals surface area contributed by atoms with E-state index in [1.807, 2.05) is 0 Å². The van der Waals surface area contributed by atoms with E-state index in [0.717, 1.165) is 36.2 Å². The molecule has 3 nitrogen and oxygen atoms in total. The molecule has 0 unspecified atom stereocenters. The van der Waals surface area contributed by atoms with E-state index in [1.54, 1.807) is 0 Å². The zero-order chi connectivity index (χ0) is 19.2. The molecule has 8 heteroatoms. The van der Waals surface area contributed by atoms with Crippen LogP contribution in [0.1, 0.15) is 31.4 Å². The van der Waals surface area contributed by atoms with Crippen molar-refractivity contribution in [3.63, 3.8) is 0 Å². The molecule has 4 rings (SSSR count). The van der Waals surface area contributed by atoms with Gasteiger partial charge >= 0.3 is 6.18 Å². The lowest BCUT2D eigenvalue weighted by molar-refractivity contribution is -0.141. The molecule has 0 amide bonds. The highest BCUT2D eigenvalue weighted by atomic mass is 35.5. The molecule has 0 atom stereocenters. The highest BCUT2D eigenvalue weighted by Gasteiger charge is 2.36. The number of nitrogens with one attached hydrogen (secondary N) is 1. The van der Waals surface area contributed by atoms with E-state index in [1.165, 1.54) is 30.3 Å². The van der Waals surface area contributed by atoms with Gasteiger partial charge in [0.1, 0.15) is 28.7 Å². The minimum absolute atomic E-state index is 0.00325. The topological polar surface area (TPSA) is 29.3 Å². The lowest BCUT2D eigenvalue weighted by Gasteiger charge is -2.18. The quantitative estimate of drug-likeness (QED) is 0.536. The number of hydrogen-bond donors (Lipinski definition) is 1. The zero-order valence-electron chi connectivity index (χ0n) is 14.2. The first-order valence-electron chi connectivity index (χ1n) is 8.66. The molecule has 27 heavy (non-hydrogen) atoms. The van der Waals surface area contributed by atoms with Crippen molar-refractivity contribution in [1.29, 1.82) is 0 Å². The molecule has 1 aliphatic rings. The molecule has 0 aliphatic heterocycles. The molecule has 2 aromatic heterocycles. The Hall–Kier alpha value is -2.28. The molecule has 0 radical (unpaired) electrons. The number of aromatic nitrogens is 2. The monoisotopic (exact) mass is 397 g/mol. The van der Waals surface area contributed by atoms with Crippen LogP contribution in [0.2, 0.25) is 5.02 Å². The second-order valence-corrected chi connectivity index (χ2v) is 7.04. The first-order valence-corrected chi connectivity index (χ1v) is 9.03. The molecule has 142 valence electrons. The third kappa shape index (κ3) is 3.25. The Labute approximate surface area is 158 Å². The number of pyridine rings is 1. The van der Waals surface area contributed by atoms with Crippen LogP contribution in [0.15, 0.2) is 36.4 Å². The Morgan fingerprint density at radius 2 is 1.78 bits per heavy atom. The smallest absolute Gasteiger partial charge is 0.367 e. The van der Waals surface area contributed by atoms with Gasteiger partial charge in [0.2, 0.25) is 0 Å². The molecule has 1 aromatic carbocycles. The Morgan fingerprint density at radius 3 is 2.44 bits per heavy atom. The lowest BCUT2D eigenvalue weighted by atomic mass is 10.1. The number of alkyl halides is 3. The van der Waals surface area contributed by atoms with Crippen LogP contribution in [0, 0.1) is 5.82 Å². The van der Waals surface area contributed by atoms with Gasteiger partial charge in [0, 0.05) is 6.04 Å². The van der Waals surface area contributed by atoms with Crippen molar-refractivity contribution in [2.75, 3.05) is 5.32 Å². The van der Waals surface area contributed by atoms with Gasteiger partial charge < -0.3 is 5.32 Å². The van der Waals surface area contributed by atoms with Gasteiger partial charge in [0.05, 0.1) is 10.6 Å². The maximum Gasteiger partial charge on any atom is 0.431 e. The number of fused-ring (bicyclic) bond motifs is 1. The van der Waals surface area contributed by atoms with Crippen molar-refractivity contribution in [2.24, 2.45) is 0 Å². The van der Waals surface area contributed by atoms with Gasteiger partial charge in [-0.2, -0.15) is 13.2 Å². The van der Waals surface area contributed by atoms with Gasteiger partial charge in [-0.25, -0.2) is 9.37 Å². The van der Waals surface area contributed by atoms with E-state index in [-0.39, 0.29) is 33.8 Å². The van der Waals surface area contributed by atoms with Crippen LogP contribution in [0.3, 0.4) is 0 Å². The number of nitrogens with zero attached hydrogens (tertiary/aromatic N) is 2. The number of hydrogen-bond acceptors (Lipinski definition) is 2. The third-order valence-corrected chi connectivity index (χ3v) is 5.14. The molecule has 1 fully saturated rings. The molecule has 1 N–H and O–H groups in total. The molecular formula is C19H16ClF4N3. The maximum absolute atomic E-state index is 14.5. The predicted octanol–water partition coefficient (Wildman–Crippen LogP) is 6.17. The molecule has 1 saturated carbocycles. The van der Waals surface area contributed by atoms with Crippen LogP contribution in [0.4, 0.5) is 23.4 Å². The van der Waals surface area contributed by atoms with Crippen LogP contribution in [-0.2, 0) is 6.18 Å². The Balaban J connectivity index is 2.01. The normalized spacial score (nSPS) is 15.6. The summed E-state index contributed by atoms with van der Waals surface area (Å²) in [5, 5.41) is 3.27. The summed E-state index contributed by atoms with van der Waals surface area (Å²) in [6.07, 6.45) is -0.910. The largest absolute Gasteiger partial charge is 0.431 e.